The van der Waals surface area contributed by atoms with E-state index in [9.17, 15) is 4.79 Å². The van der Waals surface area contributed by atoms with E-state index in [0.29, 0.717) is 11.7 Å². The second-order valence-corrected chi connectivity index (χ2v) is 6.63. The fraction of sp³-hybridized carbons (Fsp3) is 0.950. The highest BCUT2D eigenvalue weighted by molar-refractivity contribution is 5.80. The topological polar surface area (TPSA) is 17.1 Å². The highest BCUT2D eigenvalue weighted by atomic mass is 16.1. The minimum Gasteiger partial charge on any atom is -0.299 e. The molecule has 0 saturated heterocycles. The first-order valence-corrected chi connectivity index (χ1v) is 9.78. The van der Waals surface area contributed by atoms with Crippen LogP contribution in [0.2, 0.25) is 0 Å². The van der Waals surface area contributed by atoms with E-state index in [4.69, 9.17) is 0 Å². The van der Waals surface area contributed by atoms with Gasteiger partial charge in [-0.1, -0.05) is 97.8 Å². The van der Waals surface area contributed by atoms with Crippen molar-refractivity contribution in [2.45, 2.75) is 117 Å². The summed E-state index contributed by atoms with van der Waals surface area (Å²) in [5.41, 5.74) is 0. The van der Waals surface area contributed by atoms with Crippen molar-refractivity contribution in [3.63, 3.8) is 0 Å². The molecule has 126 valence electrons. The van der Waals surface area contributed by atoms with E-state index in [2.05, 4.69) is 13.8 Å². The van der Waals surface area contributed by atoms with Gasteiger partial charge < -0.3 is 0 Å². The van der Waals surface area contributed by atoms with Crippen LogP contribution in [0.4, 0.5) is 0 Å². The first kappa shape index (κ1) is 20.7. The molecule has 1 unspecified atom stereocenters. The Morgan fingerprint density at radius 1 is 0.619 bits per heavy atom. The molecule has 0 fully saturated rings. The van der Waals surface area contributed by atoms with Gasteiger partial charge in [-0.15, -0.1) is 0 Å². The van der Waals surface area contributed by atoms with Crippen molar-refractivity contribution in [3.05, 3.63) is 0 Å². The molecule has 0 heterocycles. The zero-order chi connectivity index (χ0) is 15.8. The Morgan fingerprint density at radius 2 is 1.10 bits per heavy atom. The van der Waals surface area contributed by atoms with Crippen LogP contribution in [-0.2, 0) is 4.79 Å². The summed E-state index contributed by atoms with van der Waals surface area (Å²) < 4.78 is 0. The summed E-state index contributed by atoms with van der Waals surface area (Å²) in [6, 6.07) is 0. The van der Waals surface area contributed by atoms with Gasteiger partial charge in [-0.2, -0.15) is 0 Å². The lowest BCUT2D eigenvalue weighted by Gasteiger charge is -2.13. The molecular weight excluding hydrogens is 256 g/mol. The van der Waals surface area contributed by atoms with Crippen molar-refractivity contribution in [1.82, 2.24) is 0 Å². The van der Waals surface area contributed by atoms with E-state index in [1.807, 2.05) is 6.92 Å². The SMILES string of the molecule is CCCCCCCCCCCCCC(CCC)C(=O)CC. The number of rotatable bonds is 16. The summed E-state index contributed by atoms with van der Waals surface area (Å²) in [6.07, 6.45) is 19.4. The van der Waals surface area contributed by atoms with Gasteiger partial charge >= 0.3 is 0 Å². The van der Waals surface area contributed by atoms with E-state index in [1.54, 1.807) is 0 Å². The van der Waals surface area contributed by atoms with Gasteiger partial charge in [0.2, 0.25) is 0 Å². The number of hydrogen-bond donors (Lipinski definition) is 0. The van der Waals surface area contributed by atoms with Crippen molar-refractivity contribution >= 4 is 5.78 Å². The van der Waals surface area contributed by atoms with E-state index in [0.717, 1.165) is 25.7 Å². The molecule has 1 nitrogen and oxygen atoms in total. The molecule has 0 rings (SSSR count). The van der Waals surface area contributed by atoms with Crippen molar-refractivity contribution in [2.24, 2.45) is 5.92 Å². The zero-order valence-electron chi connectivity index (χ0n) is 15.1. The number of Topliss-reactive ketones (excluding diaryl/α,β-unsaturated/α-hetero) is 1. The Balaban J connectivity index is 3.35. The van der Waals surface area contributed by atoms with Crippen molar-refractivity contribution in [3.8, 4) is 0 Å². The highest BCUT2D eigenvalue weighted by Crippen LogP contribution is 2.19. The van der Waals surface area contributed by atoms with E-state index in [1.165, 1.54) is 70.6 Å². The standard InChI is InChI=1S/C20H40O/c1-4-7-8-9-10-11-12-13-14-15-16-18-19(17-5-2)20(21)6-3/h19H,4-18H2,1-3H3. The molecule has 1 heteroatoms. The molecule has 0 aliphatic heterocycles. The lowest BCUT2D eigenvalue weighted by molar-refractivity contribution is -0.123. The molecule has 0 aromatic rings. The lowest BCUT2D eigenvalue weighted by Crippen LogP contribution is -2.13. The lowest BCUT2D eigenvalue weighted by atomic mass is 9.91. The number of carbonyl (C=O) groups is 1. The maximum absolute atomic E-state index is 11.8. The second kappa shape index (κ2) is 16.0. The fourth-order valence-corrected chi connectivity index (χ4v) is 3.16. The van der Waals surface area contributed by atoms with Gasteiger partial charge in [0.05, 0.1) is 0 Å². The zero-order valence-corrected chi connectivity index (χ0v) is 15.1. The molecule has 0 bridgehead atoms. The van der Waals surface area contributed by atoms with Crippen LogP contribution in [0.1, 0.15) is 117 Å². The van der Waals surface area contributed by atoms with Crippen molar-refractivity contribution in [1.29, 1.82) is 0 Å². The van der Waals surface area contributed by atoms with Gasteiger partial charge in [0.15, 0.2) is 0 Å². The van der Waals surface area contributed by atoms with E-state index < -0.39 is 0 Å². The average Bonchev–Trinajstić information content (AvgIpc) is 2.50. The molecule has 0 aromatic carbocycles. The van der Waals surface area contributed by atoms with Gasteiger partial charge in [0.25, 0.3) is 0 Å². The number of ketones is 1. The predicted octanol–water partition coefficient (Wildman–Crippen LogP) is 7.08. The van der Waals surface area contributed by atoms with Crippen molar-refractivity contribution < 1.29 is 4.79 Å². The highest BCUT2D eigenvalue weighted by Gasteiger charge is 2.14. The number of hydrogen-bond acceptors (Lipinski definition) is 1. The molecule has 0 aliphatic carbocycles. The first-order chi connectivity index (χ1) is 10.3. The second-order valence-electron chi connectivity index (χ2n) is 6.63. The van der Waals surface area contributed by atoms with Gasteiger partial charge in [-0.05, 0) is 12.8 Å². The Morgan fingerprint density at radius 3 is 1.52 bits per heavy atom. The maximum atomic E-state index is 11.8. The van der Waals surface area contributed by atoms with Gasteiger partial charge in [-0.25, -0.2) is 0 Å². The van der Waals surface area contributed by atoms with Crippen LogP contribution in [0.25, 0.3) is 0 Å². The molecular formula is C20H40O. The third-order valence-electron chi connectivity index (χ3n) is 4.60. The third-order valence-corrected chi connectivity index (χ3v) is 4.60. The molecule has 1 atom stereocenters. The Kier molecular flexibility index (Phi) is 15.8. The summed E-state index contributed by atoms with van der Waals surface area (Å²) in [5, 5.41) is 0. The van der Waals surface area contributed by atoms with Crippen LogP contribution in [-0.4, -0.2) is 5.78 Å². The normalized spacial score (nSPS) is 12.5. The van der Waals surface area contributed by atoms with Crippen LogP contribution < -0.4 is 0 Å². The molecule has 0 spiro atoms. The van der Waals surface area contributed by atoms with E-state index >= 15 is 0 Å². The molecule has 0 aliphatic rings. The van der Waals surface area contributed by atoms with Crippen LogP contribution in [0.5, 0.6) is 0 Å². The van der Waals surface area contributed by atoms with Crippen LogP contribution >= 0.6 is 0 Å². The summed E-state index contributed by atoms with van der Waals surface area (Å²) in [6.45, 7) is 6.47. The first-order valence-electron chi connectivity index (χ1n) is 9.78. The van der Waals surface area contributed by atoms with Crippen LogP contribution in [0, 0.1) is 5.92 Å². The van der Waals surface area contributed by atoms with Crippen LogP contribution in [0.15, 0.2) is 0 Å². The minimum atomic E-state index is 0.360. The fourth-order valence-electron chi connectivity index (χ4n) is 3.16. The summed E-state index contributed by atoms with van der Waals surface area (Å²) in [7, 11) is 0. The molecule has 21 heavy (non-hydrogen) atoms. The quantitative estimate of drug-likeness (QED) is 0.278. The maximum Gasteiger partial charge on any atom is 0.135 e. The molecule has 0 aromatic heterocycles. The van der Waals surface area contributed by atoms with Crippen molar-refractivity contribution in [2.75, 3.05) is 0 Å². The predicted molar refractivity (Wildman–Crippen MR) is 94.8 cm³/mol. The minimum absolute atomic E-state index is 0.360. The molecule has 0 amide bonds. The van der Waals surface area contributed by atoms with Gasteiger partial charge in [0.1, 0.15) is 5.78 Å². The molecule has 0 N–H and O–H groups in total. The average molecular weight is 297 g/mol. The van der Waals surface area contributed by atoms with Gasteiger partial charge in [-0.3, -0.25) is 4.79 Å². The number of carbonyl (C=O) groups excluding carboxylic acids is 1. The Bertz CT molecular complexity index is 222. The smallest absolute Gasteiger partial charge is 0.135 e. The summed E-state index contributed by atoms with van der Waals surface area (Å²) in [4.78, 5) is 11.8. The van der Waals surface area contributed by atoms with E-state index in [-0.39, 0.29) is 0 Å². The Hall–Kier alpha value is -0.330. The molecule has 0 saturated carbocycles. The summed E-state index contributed by atoms with van der Waals surface area (Å²) >= 11 is 0. The third kappa shape index (κ3) is 13.1. The largest absolute Gasteiger partial charge is 0.299 e. The number of unbranched alkanes of at least 4 members (excludes halogenated alkanes) is 10. The Labute approximate surface area is 134 Å². The monoisotopic (exact) mass is 296 g/mol. The molecule has 0 radical (unpaired) electrons. The van der Waals surface area contributed by atoms with Crippen LogP contribution in [0.3, 0.4) is 0 Å². The summed E-state index contributed by atoms with van der Waals surface area (Å²) in [5.74, 6) is 0.850. The van der Waals surface area contributed by atoms with Gasteiger partial charge in [0, 0.05) is 12.3 Å².